The van der Waals surface area contributed by atoms with Crippen LogP contribution in [0.4, 0.5) is 0 Å². The van der Waals surface area contributed by atoms with Gasteiger partial charge in [0.25, 0.3) is 15.9 Å². The molecule has 0 unspecified atom stereocenters. The lowest BCUT2D eigenvalue weighted by molar-refractivity contribution is -0.122. The number of nitrogens with zero attached hydrogens (tertiary/aromatic N) is 1. The molecule has 2 amide bonds. The van der Waals surface area contributed by atoms with Crippen molar-refractivity contribution in [2.24, 2.45) is 0 Å². The molecule has 1 aliphatic rings. The molecule has 1 aliphatic heterocycles. The van der Waals surface area contributed by atoms with Crippen molar-refractivity contribution < 1.29 is 27.5 Å². The largest absolute Gasteiger partial charge is 0.493 e. The van der Waals surface area contributed by atoms with Crippen molar-refractivity contribution in [3.63, 3.8) is 0 Å². The van der Waals surface area contributed by atoms with Crippen LogP contribution in [0.1, 0.15) is 54.6 Å². The predicted molar refractivity (Wildman–Crippen MR) is 156 cm³/mol. The average Bonchev–Trinajstić information content (AvgIpc) is 2.94. The standard InChI is InChI=1S/C31H37N3O6S/c1-23(2)40-25-14-16-26(17-15-25)41(37,38)33-31(36)27-12-9-13-29-28(27)21-34(20-24-10-5-3-6-11-24)22-30(35)32-18-7-4-8-19-39-29/h3,5-6,9-17,23H,4,7-8,18-22H2,1-2H3,(H,32,35)(H,33,36). The van der Waals surface area contributed by atoms with Crippen molar-refractivity contribution in [1.82, 2.24) is 14.9 Å². The van der Waals surface area contributed by atoms with E-state index in [9.17, 15) is 18.0 Å². The molecule has 0 bridgehead atoms. The van der Waals surface area contributed by atoms with Gasteiger partial charge in [0, 0.05) is 30.8 Å². The molecule has 4 rings (SSSR count). The smallest absolute Gasteiger partial charge is 0.265 e. The molecule has 0 spiro atoms. The first-order chi connectivity index (χ1) is 19.7. The zero-order chi connectivity index (χ0) is 29.2. The first-order valence-electron chi connectivity index (χ1n) is 13.8. The number of nitrogens with one attached hydrogen (secondary N) is 2. The van der Waals surface area contributed by atoms with E-state index in [1.807, 2.05) is 49.1 Å². The maximum Gasteiger partial charge on any atom is 0.265 e. The summed E-state index contributed by atoms with van der Waals surface area (Å²) in [5, 5.41) is 2.97. The molecule has 0 aliphatic carbocycles. The lowest BCUT2D eigenvalue weighted by Crippen LogP contribution is -2.38. The van der Waals surface area contributed by atoms with Crippen LogP contribution in [0.15, 0.2) is 77.7 Å². The molecule has 41 heavy (non-hydrogen) atoms. The molecule has 0 saturated heterocycles. The van der Waals surface area contributed by atoms with E-state index >= 15 is 0 Å². The van der Waals surface area contributed by atoms with E-state index in [4.69, 9.17) is 9.47 Å². The molecular formula is C31H37N3O6S. The summed E-state index contributed by atoms with van der Waals surface area (Å²) in [7, 11) is -4.17. The average molecular weight is 580 g/mol. The van der Waals surface area contributed by atoms with Gasteiger partial charge in [-0.05, 0) is 75.1 Å². The van der Waals surface area contributed by atoms with E-state index in [1.165, 1.54) is 12.1 Å². The normalized spacial score (nSPS) is 15.3. The number of fused-ring (bicyclic) bond motifs is 1. The summed E-state index contributed by atoms with van der Waals surface area (Å²) < 4.78 is 40.2. The Hall–Kier alpha value is -3.89. The van der Waals surface area contributed by atoms with Crippen LogP contribution in [-0.4, -0.2) is 50.9 Å². The first kappa shape index (κ1) is 30.1. The third-order valence-electron chi connectivity index (χ3n) is 6.51. The highest BCUT2D eigenvalue weighted by atomic mass is 32.2. The van der Waals surface area contributed by atoms with Crippen molar-refractivity contribution in [1.29, 1.82) is 0 Å². The van der Waals surface area contributed by atoms with Crippen molar-refractivity contribution >= 4 is 21.8 Å². The van der Waals surface area contributed by atoms with Gasteiger partial charge in [-0.15, -0.1) is 0 Å². The minimum atomic E-state index is -4.17. The highest BCUT2D eigenvalue weighted by Gasteiger charge is 2.25. The van der Waals surface area contributed by atoms with E-state index < -0.39 is 15.9 Å². The Labute approximate surface area is 241 Å². The van der Waals surface area contributed by atoms with Gasteiger partial charge in [0.2, 0.25) is 5.91 Å². The third kappa shape index (κ3) is 8.80. The molecule has 0 saturated carbocycles. The molecule has 9 nitrogen and oxygen atoms in total. The lowest BCUT2D eigenvalue weighted by atomic mass is 10.0. The number of amides is 2. The maximum absolute atomic E-state index is 13.5. The topological polar surface area (TPSA) is 114 Å². The summed E-state index contributed by atoms with van der Waals surface area (Å²) in [6, 6.07) is 20.6. The zero-order valence-electron chi connectivity index (χ0n) is 23.5. The number of rotatable bonds is 7. The van der Waals surface area contributed by atoms with Crippen molar-refractivity contribution in [3.8, 4) is 11.5 Å². The number of benzene rings is 3. The molecular weight excluding hydrogens is 542 g/mol. The summed E-state index contributed by atoms with van der Waals surface area (Å²) >= 11 is 0. The molecule has 0 radical (unpaired) electrons. The van der Waals surface area contributed by atoms with Crippen molar-refractivity contribution in [2.45, 2.75) is 57.2 Å². The maximum atomic E-state index is 13.5. The Morgan fingerprint density at radius 1 is 0.976 bits per heavy atom. The van der Waals surface area contributed by atoms with Crippen LogP contribution in [0.2, 0.25) is 0 Å². The molecule has 10 heteroatoms. The van der Waals surface area contributed by atoms with Crippen LogP contribution >= 0.6 is 0 Å². The van der Waals surface area contributed by atoms with E-state index in [0.717, 1.165) is 24.8 Å². The van der Waals surface area contributed by atoms with Gasteiger partial charge in [0.05, 0.1) is 24.2 Å². The van der Waals surface area contributed by atoms with Gasteiger partial charge in [-0.2, -0.15) is 0 Å². The molecule has 1 heterocycles. The highest BCUT2D eigenvalue weighted by Crippen LogP contribution is 2.27. The molecule has 3 aromatic rings. The molecule has 2 N–H and O–H groups in total. The SMILES string of the molecule is CC(C)Oc1ccc(S(=O)(=O)NC(=O)c2cccc3c2CN(Cc2ccccc2)CC(=O)NCCCCCO3)cc1. The highest BCUT2D eigenvalue weighted by molar-refractivity contribution is 7.90. The summed E-state index contributed by atoms with van der Waals surface area (Å²) in [5.74, 6) is 0.130. The Balaban J connectivity index is 1.64. The second-order valence-electron chi connectivity index (χ2n) is 10.2. The van der Waals surface area contributed by atoms with Gasteiger partial charge < -0.3 is 14.8 Å². The van der Waals surface area contributed by atoms with Crippen LogP contribution in [0, 0.1) is 0 Å². The number of carbonyl (C=O) groups excluding carboxylic acids is 2. The fraction of sp³-hybridized carbons (Fsp3) is 0.355. The quantitative estimate of drug-likeness (QED) is 0.430. The zero-order valence-corrected chi connectivity index (χ0v) is 24.3. The summed E-state index contributed by atoms with van der Waals surface area (Å²) in [6.45, 7) is 5.53. The number of sulfonamides is 1. The second-order valence-corrected chi connectivity index (χ2v) is 11.9. The van der Waals surface area contributed by atoms with Gasteiger partial charge >= 0.3 is 0 Å². The number of ether oxygens (including phenoxy) is 2. The van der Waals surface area contributed by atoms with Gasteiger partial charge in [0.1, 0.15) is 11.5 Å². The molecule has 3 aromatic carbocycles. The Morgan fingerprint density at radius 2 is 1.73 bits per heavy atom. The third-order valence-corrected chi connectivity index (χ3v) is 7.86. The number of hydrogen-bond acceptors (Lipinski definition) is 7. The predicted octanol–water partition coefficient (Wildman–Crippen LogP) is 4.27. The molecule has 218 valence electrons. The van der Waals surface area contributed by atoms with E-state index in [1.54, 1.807) is 30.3 Å². The Kier molecular flexibility index (Phi) is 10.4. The number of carbonyl (C=O) groups is 2. The Bertz CT molecular complexity index is 1430. The van der Waals surface area contributed by atoms with Crippen molar-refractivity contribution in [2.75, 3.05) is 19.7 Å². The van der Waals surface area contributed by atoms with Gasteiger partial charge in [-0.3, -0.25) is 14.5 Å². The number of hydrogen-bond donors (Lipinski definition) is 2. The van der Waals surface area contributed by atoms with Crippen LogP contribution in [-0.2, 0) is 27.9 Å². The van der Waals surface area contributed by atoms with Crippen LogP contribution in [0.25, 0.3) is 0 Å². The minimum Gasteiger partial charge on any atom is -0.493 e. The van der Waals surface area contributed by atoms with Crippen LogP contribution < -0.4 is 19.5 Å². The van der Waals surface area contributed by atoms with E-state index in [-0.39, 0.29) is 35.6 Å². The Morgan fingerprint density at radius 3 is 2.46 bits per heavy atom. The summed E-state index contributed by atoms with van der Waals surface area (Å²) in [6.07, 6.45) is 2.44. The van der Waals surface area contributed by atoms with Crippen molar-refractivity contribution in [3.05, 3.63) is 89.5 Å². The molecule has 0 atom stereocenters. The van der Waals surface area contributed by atoms with E-state index in [0.29, 0.717) is 36.8 Å². The summed E-state index contributed by atoms with van der Waals surface area (Å²) in [5.41, 5.74) is 1.68. The second kappa shape index (κ2) is 14.1. The van der Waals surface area contributed by atoms with Gasteiger partial charge in [0.15, 0.2) is 0 Å². The van der Waals surface area contributed by atoms with Crippen LogP contribution in [0.5, 0.6) is 11.5 Å². The van der Waals surface area contributed by atoms with Crippen LogP contribution in [0.3, 0.4) is 0 Å². The fourth-order valence-corrected chi connectivity index (χ4v) is 5.55. The van der Waals surface area contributed by atoms with Gasteiger partial charge in [-0.1, -0.05) is 36.4 Å². The molecule has 0 aromatic heterocycles. The lowest BCUT2D eigenvalue weighted by Gasteiger charge is -2.24. The minimum absolute atomic E-state index is 0.0586. The first-order valence-corrected chi connectivity index (χ1v) is 15.3. The van der Waals surface area contributed by atoms with E-state index in [2.05, 4.69) is 10.0 Å². The monoisotopic (exact) mass is 579 g/mol. The van der Waals surface area contributed by atoms with Gasteiger partial charge in [-0.25, -0.2) is 13.1 Å². The molecule has 0 fully saturated rings. The summed E-state index contributed by atoms with van der Waals surface area (Å²) in [4.78, 5) is 28.2. The fourth-order valence-electron chi connectivity index (χ4n) is 4.59.